The second-order valence-corrected chi connectivity index (χ2v) is 5.97. The molecule has 22 heavy (non-hydrogen) atoms. The largest absolute Gasteiger partial charge is 0.469 e. The van der Waals surface area contributed by atoms with E-state index in [2.05, 4.69) is 5.10 Å². The van der Waals surface area contributed by atoms with E-state index in [0.29, 0.717) is 11.5 Å². The minimum atomic E-state index is -0.182. The van der Waals surface area contributed by atoms with Crippen molar-refractivity contribution in [2.75, 3.05) is 7.11 Å². The number of hydrogen-bond donors (Lipinski definition) is 0. The number of carbonyl (C=O) groups excluding carboxylic acids is 2. The molecule has 2 aromatic rings. The lowest BCUT2D eigenvalue weighted by molar-refractivity contribution is -0.145. The Balaban J connectivity index is 1.73. The van der Waals surface area contributed by atoms with E-state index in [1.165, 1.54) is 11.8 Å². The topological polar surface area (TPSA) is 61.2 Å². The van der Waals surface area contributed by atoms with E-state index in [1.54, 1.807) is 18.3 Å². The molecular weight excluding hydrogens is 280 g/mol. The van der Waals surface area contributed by atoms with Gasteiger partial charge in [-0.3, -0.25) is 9.59 Å². The molecule has 1 heterocycles. The van der Waals surface area contributed by atoms with Crippen molar-refractivity contribution in [3.63, 3.8) is 0 Å². The van der Waals surface area contributed by atoms with E-state index in [-0.39, 0.29) is 23.7 Å². The van der Waals surface area contributed by atoms with Gasteiger partial charge in [0.25, 0.3) is 5.91 Å². The molecule has 0 aliphatic heterocycles. The Morgan fingerprint density at radius 3 is 2.73 bits per heavy atom. The molecule has 3 atom stereocenters. The highest BCUT2D eigenvalue weighted by molar-refractivity contribution is 5.96. The van der Waals surface area contributed by atoms with Gasteiger partial charge in [0.05, 0.1) is 24.9 Å². The third-order valence-electron chi connectivity index (χ3n) is 4.91. The molecule has 5 heteroatoms. The van der Waals surface area contributed by atoms with Crippen LogP contribution >= 0.6 is 0 Å². The average Bonchev–Trinajstić information content (AvgIpc) is 3.25. The van der Waals surface area contributed by atoms with Crippen molar-refractivity contribution in [1.29, 1.82) is 0 Å². The van der Waals surface area contributed by atoms with E-state index >= 15 is 0 Å². The fourth-order valence-corrected chi connectivity index (χ4v) is 3.93. The number of benzene rings is 1. The maximum Gasteiger partial charge on any atom is 0.309 e. The summed E-state index contributed by atoms with van der Waals surface area (Å²) in [6.07, 6.45) is 3.50. The molecule has 1 aromatic heterocycles. The Morgan fingerprint density at radius 1 is 1.23 bits per heavy atom. The van der Waals surface area contributed by atoms with Crippen LogP contribution in [0.2, 0.25) is 0 Å². The van der Waals surface area contributed by atoms with Crippen molar-refractivity contribution in [1.82, 2.24) is 9.78 Å². The summed E-state index contributed by atoms with van der Waals surface area (Å²) in [6, 6.07) is 9.10. The zero-order valence-electron chi connectivity index (χ0n) is 12.2. The van der Waals surface area contributed by atoms with E-state index in [0.717, 1.165) is 24.1 Å². The molecular formula is C17H16N2O3. The molecule has 0 saturated heterocycles. The van der Waals surface area contributed by atoms with Gasteiger partial charge in [0.2, 0.25) is 0 Å². The Morgan fingerprint density at radius 2 is 2.00 bits per heavy atom. The lowest BCUT2D eigenvalue weighted by atomic mass is 9.87. The van der Waals surface area contributed by atoms with E-state index < -0.39 is 0 Å². The number of aromatic nitrogens is 2. The molecule has 1 saturated carbocycles. The highest BCUT2D eigenvalue weighted by Gasteiger charge is 2.50. The highest BCUT2D eigenvalue weighted by atomic mass is 16.5. The number of ether oxygens (including phenoxy) is 1. The molecule has 0 radical (unpaired) electrons. The number of carbonyl (C=O) groups is 2. The molecule has 4 rings (SSSR count). The summed E-state index contributed by atoms with van der Waals surface area (Å²) < 4.78 is 6.39. The van der Waals surface area contributed by atoms with Gasteiger partial charge in [0.15, 0.2) is 0 Å². The minimum absolute atomic E-state index is 0.0441. The summed E-state index contributed by atoms with van der Waals surface area (Å²) in [5.41, 5.74) is 2.63. The molecule has 112 valence electrons. The normalized spacial score (nSPS) is 25.0. The summed E-state index contributed by atoms with van der Waals surface area (Å²) in [4.78, 5) is 24.6. The number of rotatable bonds is 2. The van der Waals surface area contributed by atoms with Crippen LogP contribution in [0, 0.1) is 5.92 Å². The standard InChI is InChI=1S/C17H16N2O3/c1-22-17(21)13-8-11-7-12(13)15-14(11)9-18-19(15)16(20)10-5-3-2-4-6-10/h2-6,9,11-13H,7-8H2,1H3/t11-,12+,13-/m0/s1. The van der Waals surface area contributed by atoms with Gasteiger partial charge < -0.3 is 4.74 Å². The molecule has 1 aromatic carbocycles. The van der Waals surface area contributed by atoms with Gasteiger partial charge in [-0.1, -0.05) is 18.2 Å². The lowest BCUT2D eigenvalue weighted by Gasteiger charge is -2.21. The maximum absolute atomic E-state index is 12.7. The van der Waals surface area contributed by atoms with Gasteiger partial charge in [-0.25, -0.2) is 4.68 Å². The Kier molecular flexibility index (Phi) is 2.89. The summed E-state index contributed by atoms with van der Waals surface area (Å²) >= 11 is 0. The molecule has 0 amide bonds. The summed E-state index contributed by atoms with van der Waals surface area (Å²) in [6.45, 7) is 0. The molecule has 1 fully saturated rings. The molecule has 2 aliphatic carbocycles. The van der Waals surface area contributed by atoms with Crippen LogP contribution in [0.15, 0.2) is 36.5 Å². The lowest BCUT2D eigenvalue weighted by Crippen LogP contribution is -2.25. The fraction of sp³-hybridized carbons (Fsp3) is 0.353. The molecule has 2 aliphatic rings. The first-order valence-corrected chi connectivity index (χ1v) is 7.46. The number of nitrogens with zero attached hydrogens (tertiary/aromatic N) is 2. The van der Waals surface area contributed by atoms with Crippen LogP contribution in [0.3, 0.4) is 0 Å². The number of esters is 1. The van der Waals surface area contributed by atoms with Crippen LogP contribution in [0.1, 0.15) is 46.3 Å². The molecule has 5 nitrogen and oxygen atoms in total. The van der Waals surface area contributed by atoms with Gasteiger partial charge in [-0.05, 0) is 36.5 Å². The predicted octanol–water partition coefficient (Wildman–Crippen LogP) is 2.34. The summed E-state index contributed by atoms with van der Waals surface area (Å²) in [7, 11) is 1.42. The zero-order chi connectivity index (χ0) is 15.3. The molecule has 0 spiro atoms. The van der Waals surface area contributed by atoms with Gasteiger partial charge >= 0.3 is 5.97 Å². The van der Waals surface area contributed by atoms with Gasteiger partial charge in [0, 0.05) is 11.5 Å². The summed E-state index contributed by atoms with van der Waals surface area (Å²) in [5.74, 6) is -0.110. The maximum atomic E-state index is 12.7. The van der Waals surface area contributed by atoms with E-state index in [4.69, 9.17) is 4.74 Å². The van der Waals surface area contributed by atoms with Crippen LogP contribution < -0.4 is 0 Å². The first-order chi connectivity index (χ1) is 10.7. The average molecular weight is 296 g/mol. The third-order valence-corrected chi connectivity index (χ3v) is 4.91. The van der Waals surface area contributed by atoms with Crippen molar-refractivity contribution >= 4 is 11.9 Å². The Hall–Kier alpha value is -2.43. The first-order valence-electron chi connectivity index (χ1n) is 7.46. The Bertz CT molecular complexity index is 751. The molecule has 2 bridgehead atoms. The van der Waals surface area contributed by atoms with Crippen molar-refractivity contribution in [2.24, 2.45) is 5.92 Å². The van der Waals surface area contributed by atoms with Crippen LogP contribution in [0.25, 0.3) is 0 Å². The van der Waals surface area contributed by atoms with Crippen molar-refractivity contribution in [3.05, 3.63) is 53.3 Å². The van der Waals surface area contributed by atoms with E-state index in [9.17, 15) is 9.59 Å². The summed E-state index contributed by atoms with van der Waals surface area (Å²) in [5, 5.41) is 4.29. The van der Waals surface area contributed by atoms with Crippen LogP contribution in [-0.4, -0.2) is 28.8 Å². The molecule has 0 unspecified atom stereocenters. The SMILES string of the molecule is COC(=O)[C@H]1C[C@@H]2C[C@H]1c1c2cnn1C(=O)c1ccccc1. The van der Waals surface area contributed by atoms with Crippen molar-refractivity contribution in [2.45, 2.75) is 24.7 Å². The number of methoxy groups -OCH3 is 1. The monoisotopic (exact) mass is 296 g/mol. The van der Waals surface area contributed by atoms with Gasteiger partial charge in [0.1, 0.15) is 0 Å². The fourth-order valence-electron chi connectivity index (χ4n) is 3.93. The van der Waals surface area contributed by atoms with Gasteiger partial charge in [-0.15, -0.1) is 0 Å². The smallest absolute Gasteiger partial charge is 0.309 e. The van der Waals surface area contributed by atoms with E-state index in [1.807, 2.05) is 18.2 Å². The van der Waals surface area contributed by atoms with Crippen LogP contribution in [0.4, 0.5) is 0 Å². The Labute approximate surface area is 127 Å². The third kappa shape index (κ3) is 1.75. The highest BCUT2D eigenvalue weighted by Crippen LogP contribution is 2.56. The number of hydrogen-bond acceptors (Lipinski definition) is 4. The first kappa shape index (κ1) is 13.2. The minimum Gasteiger partial charge on any atom is -0.469 e. The number of fused-ring (bicyclic) bond motifs is 5. The van der Waals surface area contributed by atoms with Gasteiger partial charge in [-0.2, -0.15) is 5.10 Å². The second-order valence-electron chi connectivity index (χ2n) is 5.97. The zero-order valence-corrected chi connectivity index (χ0v) is 12.2. The quantitative estimate of drug-likeness (QED) is 0.798. The van der Waals surface area contributed by atoms with Crippen LogP contribution in [-0.2, 0) is 9.53 Å². The van der Waals surface area contributed by atoms with Crippen LogP contribution in [0.5, 0.6) is 0 Å². The predicted molar refractivity (Wildman–Crippen MR) is 78.6 cm³/mol. The molecule has 0 N–H and O–H groups in total. The second kappa shape index (κ2) is 4.80. The van der Waals surface area contributed by atoms with Crippen molar-refractivity contribution < 1.29 is 14.3 Å². The van der Waals surface area contributed by atoms with Crippen molar-refractivity contribution in [3.8, 4) is 0 Å².